The van der Waals surface area contributed by atoms with Crippen molar-refractivity contribution < 1.29 is 4.74 Å². The van der Waals surface area contributed by atoms with Crippen LogP contribution in [-0.4, -0.2) is 29.8 Å². The van der Waals surface area contributed by atoms with E-state index in [1.165, 1.54) is 4.57 Å². The van der Waals surface area contributed by atoms with Gasteiger partial charge in [0.25, 0.3) is 5.56 Å². The summed E-state index contributed by atoms with van der Waals surface area (Å²) in [6, 6.07) is 4.99. The summed E-state index contributed by atoms with van der Waals surface area (Å²) in [4.78, 5) is 27.3. The summed E-state index contributed by atoms with van der Waals surface area (Å²) < 4.78 is 6.43. The number of hydrogen-bond donors (Lipinski definition) is 2. The van der Waals surface area contributed by atoms with Crippen molar-refractivity contribution >= 4 is 10.9 Å². The molecule has 3 rings (SSSR count). The van der Waals surface area contributed by atoms with E-state index in [4.69, 9.17) is 4.74 Å². The van der Waals surface area contributed by atoms with Crippen molar-refractivity contribution in [2.45, 2.75) is 12.5 Å². The van der Waals surface area contributed by atoms with E-state index in [0.29, 0.717) is 23.2 Å². The number of fused-ring (bicyclic) bond motifs is 1. The van der Waals surface area contributed by atoms with E-state index in [9.17, 15) is 9.59 Å². The molecule has 2 aromatic rings. The summed E-state index contributed by atoms with van der Waals surface area (Å²) >= 11 is 0. The molecule has 100 valence electrons. The number of aromatic amines is 1. The highest BCUT2D eigenvalue weighted by molar-refractivity contribution is 5.78. The van der Waals surface area contributed by atoms with Crippen molar-refractivity contribution in [1.29, 1.82) is 0 Å². The fraction of sp³-hybridized carbons (Fsp3) is 0.385. The Kier molecular flexibility index (Phi) is 2.87. The monoisotopic (exact) mass is 261 g/mol. The van der Waals surface area contributed by atoms with Gasteiger partial charge in [0.2, 0.25) is 0 Å². The molecule has 0 amide bonds. The number of ether oxygens (including phenoxy) is 1. The van der Waals surface area contributed by atoms with Gasteiger partial charge in [0, 0.05) is 6.54 Å². The van der Waals surface area contributed by atoms with Gasteiger partial charge in [-0.15, -0.1) is 0 Å². The molecule has 1 aromatic heterocycles. The summed E-state index contributed by atoms with van der Waals surface area (Å²) in [5.74, 6) is 0.604. The third-order valence-electron chi connectivity index (χ3n) is 3.54. The van der Waals surface area contributed by atoms with Gasteiger partial charge >= 0.3 is 5.69 Å². The first kappa shape index (κ1) is 12.0. The molecule has 6 heteroatoms. The van der Waals surface area contributed by atoms with Crippen LogP contribution in [0.15, 0.2) is 27.8 Å². The number of rotatable bonds is 2. The van der Waals surface area contributed by atoms with Crippen LogP contribution in [0.2, 0.25) is 0 Å². The Morgan fingerprint density at radius 1 is 1.37 bits per heavy atom. The van der Waals surface area contributed by atoms with Crippen LogP contribution in [0.4, 0.5) is 0 Å². The van der Waals surface area contributed by atoms with Crippen LogP contribution < -0.4 is 21.3 Å². The zero-order valence-electron chi connectivity index (χ0n) is 10.6. The summed E-state index contributed by atoms with van der Waals surface area (Å²) in [5, 5.41) is 3.64. The summed E-state index contributed by atoms with van der Waals surface area (Å²) in [6.07, 6.45) is 0.790. The van der Waals surface area contributed by atoms with Crippen LogP contribution in [0.25, 0.3) is 10.9 Å². The molecule has 2 heterocycles. The lowest BCUT2D eigenvalue weighted by Crippen LogP contribution is -2.38. The van der Waals surface area contributed by atoms with Gasteiger partial charge in [0.1, 0.15) is 5.75 Å². The zero-order valence-corrected chi connectivity index (χ0v) is 10.6. The van der Waals surface area contributed by atoms with E-state index in [1.54, 1.807) is 25.3 Å². The fourth-order valence-corrected chi connectivity index (χ4v) is 2.53. The molecule has 0 radical (unpaired) electrons. The van der Waals surface area contributed by atoms with Crippen LogP contribution >= 0.6 is 0 Å². The fourth-order valence-electron chi connectivity index (χ4n) is 2.53. The Morgan fingerprint density at radius 2 is 2.21 bits per heavy atom. The van der Waals surface area contributed by atoms with Crippen LogP contribution in [0.3, 0.4) is 0 Å². The van der Waals surface area contributed by atoms with E-state index < -0.39 is 0 Å². The Morgan fingerprint density at radius 3 is 2.89 bits per heavy atom. The maximum absolute atomic E-state index is 12.5. The molecule has 19 heavy (non-hydrogen) atoms. The third-order valence-corrected chi connectivity index (χ3v) is 3.54. The predicted molar refractivity (Wildman–Crippen MR) is 71.9 cm³/mol. The first-order chi connectivity index (χ1) is 9.20. The number of aromatic nitrogens is 2. The lowest BCUT2D eigenvalue weighted by Gasteiger charge is -2.12. The molecule has 1 atom stereocenters. The molecule has 1 aliphatic heterocycles. The van der Waals surface area contributed by atoms with Gasteiger partial charge in [-0.25, -0.2) is 4.79 Å². The highest BCUT2D eigenvalue weighted by atomic mass is 16.5. The average molecular weight is 261 g/mol. The molecule has 0 aliphatic carbocycles. The molecule has 1 fully saturated rings. The smallest absolute Gasteiger partial charge is 0.329 e. The van der Waals surface area contributed by atoms with Crippen molar-refractivity contribution in [1.82, 2.24) is 14.9 Å². The standard InChI is InChI=1S/C13H15N3O3/c1-19-9-2-3-11-10(6-9)12(17)16(13(18)15-11)8-4-5-14-7-8/h2-3,6,8,14H,4-5,7H2,1H3,(H,15,18). The average Bonchev–Trinajstić information content (AvgIpc) is 2.92. The van der Waals surface area contributed by atoms with E-state index in [-0.39, 0.29) is 17.3 Å². The molecular formula is C13H15N3O3. The minimum atomic E-state index is -0.351. The Labute approximate surface area is 109 Å². The molecule has 1 unspecified atom stereocenters. The summed E-state index contributed by atoms with van der Waals surface area (Å²) in [6.45, 7) is 1.48. The SMILES string of the molecule is COc1ccc2[nH]c(=O)n(C3CCNC3)c(=O)c2c1. The Bertz CT molecular complexity index is 726. The molecular weight excluding hydrogens is 246 g/mol. The second-order valence-electron chi connectivity index (χ2n) is 4.66. The molecule has 1 aromatic carbocycles. The normalized spacial score (nSPS) is 18.9. The van der Waals surface area contributed by atoms with E-state index in [0.717, 1.165) is 13.0 Å². The van der Waals surface area contributed by atoms with Crippen LogP contribution in [0, 0.1) is 0 Å². The number of methoxy groups -OCH3 is 1. The maximum atomic E-state index is 12.5. The summed E-state index contributed by atoms with van der Waals surface area (Å²) in [7, 11) is 1.55. The van der Waals surface area contributed by atoms with E-state index in [2.05, 4.69) is 10.3 Å². The van der Waals surface area contributed by atoms with Crippen molar-refractivity contribution in [2.75, 3.05) is 20.2 Å². The van der Waals surface area contributed by atoms with Gasteiger partial charge < -0.3 is 15.0 Å². The second-order valence-corrected chi connectivity index (χ2v) is 4.66. The van der Waals surface area contributed by atoms with Crippen molar-refractivity contribution in [2.24, 2.45) is 0 Å². The van der Waals surface area contributed by atoms with Gasteiger partial charge in [-0.1, -0.05) is 0 Å². The maximum Gasteiger partial charge on any atom is 0.329 e. The summed E-state index contributed by atoms with van der Waals surface area (Å²) in [5.41, 5.74) is -0.0688. The number of hydrogen-bond acceptors (Lipinski definition) is 4. The second kappa shape index (κ2) is 4.55. The van der Waals surface area contributed by atoms with Crippen LogP contribution in [-0.2, 0) is 0 Å². The van der Waals surface area contributed by atoms with E-state index in [1.807, 2.05) is 0 Å². The zero-order chi connectivity index (χ0) is 13.4. The highest BCUT2D eigenvalue weighted by Gasteiger charge is 2.21. The first-order valence-corrected chi connectivity index (χ1v) is 6.24. The number of benzene rings is 1. The lowest BCUT2D eigenvalue weighted by molar-refractivity contribution is 0.415. The van der Waals surface area contributed by atoms with Gasteiger partial charge in [-0.3, -0.25) is 9.36 Å². The number of nitrogens with zero attached hydrogens (tertiary/aromatic N) is 1. The minimum Gasteiger partial charge on any atom is -0.497 e. The minimum absolute atomic E-state index is 0.0770. The van der Waals surface area contributed by atoms with Crippen molar-refractivity contribution in [3.05, 3.63) is 39.0 Å². The first-order valence-electron chi connectivity index (χ1n) is 6.24. The molecule has 6 nitrogen and oxygen atoms in total. The van der Waals surface area contributed by atoms with Gasteiger partial charge in [-0.05, 0) is 31.2 Å². The molecule has 2 N–H and O–H groups in total. The van der Waals surface area contributed by atoms with Gasteiger partial charge in [0.05, 0.1) is 24.1 Å². The topological polar surface area (TPSA) is 76.1 Å². The van der Waals surface area contributed by atoms with Gasteiger partial charge in [0.15, 0.2) is 0 Å². The van der Waals surface area contributed by atoms with Crippen LogP contribution in [0.5, 0.6) is 5.75 Å². The quantitative estimate of drug-likeness (QED) is 0.811. The van der Waals surface area contributed by atoms with E-state index >= 15 is 0 Å². The Balaban J connectivity index is 2.27. The lowest BCUT2D eigenvalue weighted by atomic mass is 10.2. The molecule has 1 saturated heterocycles. The van der Waals surface area contributed by atoms with Crippen molar-refractivity contribution in [3.63, 3.8) is 0 Å². The molecule has 1 aliphatic rings. The molecule has 0 bridgehead atoms. The highest BCUT2D eigenvalue weighted by Crippen LogP contribution is 2.17. The van der Waals surface area contributed by atoms with Crippen LogP contribution in [0.1, 0.15) is 12.5 Å². The van der Waals surface area contributed by atoms with Gasteiger partial charge in [-0.2, -0.15) is 0 Å². The molecule has 0 saturated carbocycles. The largest absolute Gasteiger partial charge is 0.497 e. The Hall–Kier alpha value is -2.08. The predicted octanol–water partition coefficient (Wildman–Crippen LogP) is 0.233. The number of nitrogens with one attached hydrogen (secondary N) is 2. The third kappa shape index (κ3) is 1.94. The van der Waals surface area contributed by atoms with Crippen molar-refractivity contribution in [3.8, 4) is 5.75 Å². The molecule has 0 spiro atoms. The number of H-pyrrole nitrogens is 1.